The number of hydrogen-bond donors (Lipinski definition) is 1. The van der Waals surface area contributed by atoms with Gasteiger partial charge in [0.25, 0.3) is 17.2 Å². The van der Waals surface area contributed by atoms with Gasteiger partial charge in [0.1, 0.15) is 5.82 Å². The van der Waals surface area contributed by atoms with E-state index in [2.05, 4.69) is 10.3 Å². The van der Waals surface area contributed by atoms with Crippen molar-refractivity contribution in [2.45, 2.75) is 13.8 Å². The van der Waals surface area contributed by atoms with E-state index in [1.165, 1.54) is 22.8 Å². The minimum atomic E-state index is -0.505. The van der Waals surface area contributed by atoms with Crippen molar-refractivity contribution < 1.29 is 9.72 Å². The van der Waals surface area contributed by atoms with Gasteiger partial charge in [-0.15, -0.1) is 0 Å². The molecule has 160 valence electrons. The molecular weight excluding hydrogens is 432 g/mol. The van der Waals surface area contributed by atoms with Crippen LogP contribution in [0.15, 0.2) is 65.5 Å². The van der Waals surface area contributed by atoms with Crippen molar-refractivity contribution in [1.82, 2.24) is 9.55 Å². The molecule has 0 radical (unpaired) electrons. The third-order valence-corrected chi connectivity index (χ3v) is 5.39. The van der Waals surface area contributed by atoms with Crippen LogP contribution in [0.3, 0.4) is 0 Å². The molecule has 1 aromatic heterocycles. The van der Waals surface area contributed by atoms with Gasteiger partial charge in [0, 0.05) is 17.2 Å². The van der Waals surface area contributed by atoms with Crippen molar-refractivity contribution in [2.24, 2.45) is 0 Å². The van der Waals surface area contributed by atoms with E-state index in [1.807, 2.05) is 6.07 Å². The van der Waals surface area contributed by atoms with Crippen LogP contribution in [0.1, 0.15) is 21.7 Å². The molecule has 0 saturated heterocycles. The molecule has 3 aromatic carbocycles. The molecule has 0 bridgehead atoms. The molecule has 0 spiro atoms. The van der Waals surface area contributed by atoms with Gasteiger partial charge < -0.3 is 5.32 Å². The number of anilines is 1. The smallest absolute Gasteiger partial charge is 0.272 e. The van der Waals surface area contributed by atoms with Crippen LogP contribution in [0, 0.1) is 24.0 Å². The van der Waals surface area contributed by atoms with Crippen LogP contribution in [0.4, 0.5) is 11.4 Å². The highest BCUT2D eigenvalue weighted by atomic mass is 35.5. The molecule has 0 unspecified atom stereocenters. The highest BCUT2D eigenvalue weighted by molar-refractivity contribution is 6.34. The number of aryl methyl sites for hydroxylation is 2. The SMILES string of the molecule is Cc1cc(C(=O)Nc2cc(-n3c(C)nc4ccccc4c3=O)ccc2Cl)ccc1[N+](=O)[O-]. The third-order valence-electron chi connectivity index (χ3n) is 5.06. The zero-order valence-electron chi connectivity index (χ0n) is 17.1. The first-order valence-corrected chi connectivity index (χ1v) is 9.99. The lowest BCUT2D eigenvalue weighted by molar-refractivity contribution is -0.385. The number of nitro groups is 1. The number of rotatable bonds is 4. The number of nitro benzene ring substituents is 1. The van der Waals surface area contributed by atoms with Crippen LogP contribution in [-0.4, -0.2) is 20.4 Å². The summed E-state index contributed by atoms with van der Waals surface area (Å²) < 4.78 is 1.45. The van der Waals surface area contributed by atoms with Crippen molar-refractivity contribution in [2.75, 3.05) is 5.32 Å². The molecule has 0 atom stereocenters. The minimum Gasteiger partial charge on any atom is -0.321 e. The van der Waals surface area contributed by atoms with Crippen LogP contribution >= 0.6 is 11.6 Å². The molecule has 0 aliphatic rings. The van der Waals surface area contributed by atoms with Gasteiger partial charge in [-0.05, 0) is 56.3 Å². The fourth-order valence-electron chi connectivity index (χ4n) is 3.49. The number of amides is 1. The number of benzene rings is 3. The summed E-state index contributed by atoms with van der Waals surface area (Å²) in [7, 11) is 0. The molecule has 0 saturated carbocycles. The van der Waals surface area contributed by atoms with Crippen LogP contribution in [-0.2, 0) is 0 Å². The Bertz CT molecular complexity index is 1460. The number of hydrogen-bond acceptors (Lipinski definition) is 5. The van der Waals surface area contributed by atoms with E-state index in [-0.39, 0.29) is 21.8 Å². The summed E-state index contributed by atoms with van der Waals surface area (Å²) in [5, 5.41) is 14.5. The van der Waals surface area contributed by atoms with Gasteiger partial charge in [-0.2, -0.15) is 0 Å². The van der Waals surface area contributed by atoms with Gasteiger partial charge in [-0.3, -0.25) is 24.3 Å². The summed E-state index contributed by atoms with van der Waals surface area (Å²) in [5.74, 6) is 0.00189. The fourth-order valence-corrected chi connectivity index (χ4v) is 3.66. The number of nitrogens with one attached hydrogen (secondary N) is 1. The van der Waals surface area contributed by atoms with Crippen molar-refractivity contribution in [3.8, 4) is 5.69 Å². The van der Waals surface area contributed by atoms with E-state index in [0.717, 1.165) is 0 Å². The largest absolute Gasteiger partial charge is 0.321 e. The number of carbonyl (C=O) groups is 1. The van der Waals surface area contributed by atoms with E-state index in [4.69, 9.17) is 11.6 Å². The molecule has 0 aliphatic heterocycles. The van der Waals surface area contributed by atoms with Gasteiger partial charge in [0.05, 0.1) is 32.2 Å². The third kappa shape index (κ3) is 3.83. The second kappa shape index (κ2) is 8.24. The summed E-state index contributed by atoms with van der Waals surface area (Å²) in [6.45, 7) is 3.28. The van der Waals surface area contributed by atoms with Crippen LogP contribution < -0.4 is 10.9 Å². The molecule has 32 heavy (non-hydrogen) atoms. The zero-order valence-corrected chi connectivity index (χ0v) is 17.9. The number of para-hydroxylation sites is 1. The Balaban J connectivity index is 1.72. The second-order valence-electron chi connectivity index (χ2n) is 7.19. The zero-order chi connectivity index (χ0) is 23.0. The summed E-state index contributed by atoms with van der Waals surface area (Å²) in [6, 6.07) is 16.0. The predicted octanol–water partition coefficient (Wildman–Crippen LogP) is 4.82. The Morgan fingerprint density at radius 2 is 1.84 bits per heavy atom. The number of aromatic nitrogens is 2. The summed E-state index contributed by atoms with van der Waals surface area (Å²) in [6.07, 6.45) is 0. The summed E-state index contributed by atoms with van der Waals surface area (Å²) in [4.78, 5) is 40.8. The van der Waals surface area contributed by atoms with Gasteiger partial charge in [0.2, 0.25) is 0 Å². The van der Waals surface area contributed by atoms with Crippen LogP contribution in [0.2, 0.25) is 5.02 Å². The van der Waals surface area contributed by atoms with Crippen molar-refractivity contribution in [1.29, 1.82) is 0 Å². The van der Waals surface area contributed by atoms with Crippen LogP contribution in [0.5, 0.6) is 0 Å². The highest BCUT2D eigenvalue weighted by Gasteiger charge is 2.16. The van der Waals surface area contributed by atoms with Gasteiger partial charge in [-0.25, -0.2) is 4.98 Å². The van der Waals surface area contributed by atoms with Gasteiger partial charge in [-0.1, -0.05) is 23.7 Å². The normalized spacial score (nSPS) is 10.8. The number of nitrogens with zero attached hydrogens (tertiary/aromatic N) is 3. The van der Waals surface area contributed by atoms with Crippen molar-refractivity contribution >= 4 is 39.8 Å². The van der Waals surface area contributed by atoms with E-state index >= 15 is 0 Å². The maximum absolute atomic E-state index is 13.1. The maximum atomic E-state index is 13.1. The molecule has 1 heterocycles. The lowest BCUT2D eigenvalue weighted by Crippen LogP contribution is -2.22. The Morgan fingerprint density at radius 3 is 2.56 bits per heavy atom. The summed E-state index contributed by atoms with van der Waals surface area (Å²) in [5.41, 5.74) is 1.69. The van der Waals surface area contributed by atoms with E-state index in [9.17, 15) is 19.7 Å². The average molecular weight is 449 g/mol. The van der Waals surface area contributed by atoms with Crippen molar-refractivity contribution in [3.05, 3.63) is 103 Å². The lowest BCUT2D eigenvalue weighted by Gasteiger charge is -2.14. The first-order chi connectivity index (χ1) is 15.3. The molecule has 4 aromatic rings. The standard InChI is InChI=1S/C23H17ClN4O4/c1-13-11-15(7-10-21(13)28(31)32)22(29)26-20-12-16(8-9-18(20)24)27-14(2)25-19-6-4-3-5-17(19)23(27)30/h3-12H,1-2H3,(H,26,29). The topological polar surface area (TPSA) is 107 Å². The summed E-state index contributed by atoms with van der Waals surface area (Å²) >= 11 is 6.28. The van der Waals surface area contributed by atoms with Gasteiger partial charge in [0.15, 0.2) is 0 Å². The lowest BCUT2D eigenvalue weighted by atomic mass is 10.1. The molecule has 8 nitrogen and oxygen atoms in total. The monoisotopic (exact) mass is 448 g/mol. The number of halogens is 1. The molecule has 1 N–H and O–H groups in total. The highest BCUT2D eigenvalue weighted by Crippen LogP contribution is 2.26. The van der Waals surface area contributed by atoms with Crippen molar-refractivity contribution in [3.63, 3.8) is 0 Å². The predicted molar refractivity (Wildman–Crippen MR) is 123 cm³/mol. The fraction of sp³-hybridized carbons (Fsp3) is 0.0870. The second-order valence-corrected chi connectivity index (χ2v) is 7.60. The Morgan fingerprint density at radius 1 is 1.09 bits per heavy atom. The maximum Gasteiger partial charge on any atom is 0.272 e. The molecule has 0 fully saturated rings. The molecule has 0 aliphatic carbocycles. The number of fused-ring (bicyclic) bond motifs is 1. The first kappa shape index (κ1) is 21.2. The average Bonchev–Trinajstić information content (AvgIpc) is 2.75. The molecule has 1 amide bonds. The van der Waals surface area contributed by atoms with E-state index in [1.54, 1.807) is 50.2 Å². The Labute approximate surface area is 187 Å². The van der Waals surface area contributed by atoms with E-state index < -0.39 is 10.8 Å². The van der Waals surface area contributed by atoms with Crippen LogP contribution in [0.25, 0.3) is 16.6 Å². The molecule has 9 heteroatoms. The Kier molecular flexibility index (Phi) is 5.46. The quantitative estimate of drug-likeness (QED) is 0.356. The molecular formula is C23H17ClN4O4. The Hall–Kier alpha value is -4.04. The number of carbonyl (C=O) groups excluding carboxylic acids is 1. The first-order valence-electron chi connectivity index (χ1n) is 9.61. The van der Waals surface area contributed by atoms with Gasteiger partial charge >= 0.3 is 0 Å². The molecule has 4 rings (SSSR count). The van der Waals surface area contributed by atoms with E-state index in [0.29, 0.717) is 33.7 Å². The minimum absolute atomic E-state index is 0.0692.